The zero-order chi connectivity index (χ0) is 19.0. The quantitative estimate of drug-likeness (QED) is 0.883. The highest BCUT2D eigenvalue weighted by Crippen LogP contribution is 2.40. The Bertz CT molecular complexity index is 855. The lowest BCUT2D eigenvalue weighted by Gasteiger charge is -2.35. The van der Waals surface area contributed by atoms with Crippen LogP contribution < -0.4 is 10.2 Å². The van der Waals surface area contributed by atoms with Crippen LogP contribution >= 0.6 is 0 Å². The minimum Gasteiger partial charge on any atom is -0.376 e. The molecule has 2 aliphatic heterocycles. The van der Waals surface area contributed by atoms with Crippen molar-refractivity contribution in [2.24, 2.45) is 0 Å². The van der Waals surface area contributed by atoms with Crippen LogP contribution in [-0.4, -0.2) is 54.7 Å². The van der Waals surface area contributed by atoms with Crippen molar-refractivity contribution >= 4 is 17.7 Å². The second-order valence-corrected chi connectivity index (χ2v) is 7.57. The highest BCUT2D eigenvalue weighted by atomic mass is 16.5. The van der Waals surface area contributed by atoms with Crippen molar-refractivity contribution in [2.75, 3.05) is 44.0 Å². The summed E-state index contributed by atoms with van der Waals surface area (Å²) < 4.78 is 5.91. The Labute approximate surface area is 159 Å². The van der Waals surface area contributed by atoms with Crippen molar-refractivity contribution in [1.29, 1.82) is 0 Å². The van der Waals surface area contributed by atoms with Gasteiger partial charge in [0.15, 0.2) is 0 Å². The van der Waals surface area contributed by atoms with E-state index >= 15 is 0 Å². The molecule has 1 atom stereocenters. The van der Waals surface area contributed by atoms with Gasteiger partial charge in [-0.3, -0.25) is 0 Å². The van der Waals surface area contributed by atoms with E-state index in [9.17, 15) is 4.79 Å². The summed E-state index contributed by atoms with van der Waals surface area (Å²) in [6.07, 6.45) is 0.839. The molecule has 0 radical (unpaired) electrons. The third-order valence-corrected chi connectivity index (χ3v) is 5.40. The number of likely N-dealkylation sites (tertiary alicyclic amines) is 1. The average molecular weight is 367 g/mol. The first kappa shape index (κ1) is 17.7. The van der Waals surface area contributed by atoms with Gasteiger partial charge in [-0.05, 0) is 25.5 Å². The number of urea groups is 1. The van der Waals surface area contributed by atoms with E-state index in [0.29, 0.717) is 32.3 Å². The Morgan fingerprint density at radius 1 is 1.26 bits per heavy atom. The molecular weight excluding hydrogens is 342 g/mol. The fourth-order valence-corrected chi connectivity index (χ4v) is 3.89. The summed E-state index contributed by atoms with van der Waals surface area (Å²) in [5.41, 5.74) is 3.60. The van der Waals surface area contributed by atoms with Crippen LogP contribution in [0.25, 0.3) is 0 Å². The molecule has 3 heterocycles. The van der Waals surface area contributed by atoms with Gasteiger partial charge in [0.2, 0.25) is 5.95 Å². The molecule has 2 aliphatic rings. The molecule has 0 saturated carbocycles. The van der Waals surface area contributed by atoms with Gasteiger partial charge in [0, 0.05) is 44.1 Å². The van der Waals surface area contributed by atoms with Gasteiger partial charge in [-0.25, -0.2) is 14.8 Å². The van der Waals surface area contributed by atoms with E-state index in [1.807, 2.05) is 61.2 Å². The Morgan fingerprint density at radius 2 is 2.04 bits per heavy atom. The average Bonchev–Trinajstić information content (AvgIpc) is 3.08. The number of hydrogen-bond donors (Lipinski definition) is 1. The molecule has 142 valence electrons. The first-order valence-corrected chi connectivity index (χ1v) is 9.22. The molecule has 27 heavy (non-hydrogen) atoms. The van der Waals surface area contributed by atoms with Gasteiger partial charge in [-0.1, -0.05) is 18.2 Å². The molecule has 1 spiro atoms. The minimum absolute atomic E-state index is 0.0798. The van der Waals surface area contributed by atoms with Gasteiger partial charge in [0.25, 0.3) is 0 Å². The first-order chi connectivity index (χ1) is 13.0. The fraction of sp³-hybridized carbons (Fsp3) is 0.450. The molecule has 2 amide bonds. The van der Waals surface area contributed by atoms with E-state index < -0.39 is 0 Å². The van der Waals surface area contributed by atoms with Crippen LogP contribution in [0.15, 0.2) is 30.3 Å². The lowest BCUT2D eigenvalue weighted by Crippen LogP contribution is -2.43. The Balaban J connectivity index is 1.60. The normalized spacial score (nSPS) is 21.2. The predicted octanol–water partition coefficient (Wildman–Crippen LogP) is 2.56. The van der Waals surface area contributed by atoms with Crippen LogP contribution in [0.3, 0.4) is 0 Å². The summed E-state index contributed by atoms with van der Waals surface area (Å²) in [6, 6.07) is 9.46. The highest BCUT2D eigenvalue weighted by Gasteiger charge is 2.46. The van der Waals surface area contributed by atoms with E-state index in [2.05, 4.69) is 10.3 Å². The summed E-state index contributed by atoms with van der Waals surface area (Å²) in [7, 11) is 3.89. The Morgan fingerprint density at radius 3 is 2.78 bits per heavy atom. The number of anilines is 2. The van der Waals surface area contributed by atoms with Crippen LogP contribution in [0.4, 0.5) is 16.4 Å². The number of aryl methyl sites for hydroxylation is 1. The summed E-state index contributed by atoms with van der Waals surface area (Å²) >= 11 is 0. The summed E-state index contributed by atoms with van der Waals surface area (Å²) in [5, 5.41) is 2.98. The fourth-order valence-electron chi connectivity index (χ4n) is 3.89. The zero-order valence-corrected chi connectivity index (χ0v) is 16.0. The van der Waals surface area contributed by atoms with Gasteiger partial charge < -0.3 is 19.9 Å². The molecule has 7 heteroatoms. The molecule has 4 rings (SSSR count). The number of benzene rings is 1. The SMILES string of the molecule is Cc1nc(N(C)C)nc2c1COC[C@@]21CCN(C(=O)Nc2ccccc2)C1. The molecule has 1 aromatic carbocycles. The number of fused-ring (bicyclic) bond motifs is 2. The Kier molecular flexibility index (Phi) is 4.47. The van der Waals surface area contributed by atoms with E-state index in [4.69, 9.17) is 9.72 Å². The van der Waals surface area contributed by atoms with Gasteiger partial charge in [-0.15, -0.1) is 0 Å². The number of aromatic nitrogens is 2. The second kappa shape index (κ2) is 6.81. The number of amides is 2. The summed E-state index contributed by atoms with van der Waals surface area (Å²) in [6.45, 7) is 4.40. The number of hydrogen-bond acceptors (Lipinski definition) is 5. The maximum absolute atomic E-state index is 12.7. The second-order valence-electron chi connectivity index (χ2n) is 7.57. The van der Waals surface area contributed by atoms with Crippen molar-refractivity contribution in [1.82, 2.24) is 14.9 Å². The first-order valence-electron chi connectivity index (χ1n) is 9.22. The van der Waals surface area contributed by atoms with Crippen LogP contribution in [-0.2, 0) is 16.8 Å². The summed E-state index contributed by atoms with van der Waals surface area (Å²) in [4.78, 5) is 26.0. The lowest BCUT2D eigenvalue weighted by molar-refractivity contribution is 0.0516. The van der Waals surface area contributed by atoms with Crippen LogP contribution in [0.2, 0.25) is 0 Å². The predicted molar refractivity (Wildman–Crippen MR) is 104 cm³/mol. The number of para-hydroxylation sites is 1. The minimum atomic E-state index is -0.264. The third kappa shape index (κ3) is 3.23. The van der Waals surface area contributed by atoms with Gasteiger partial charge in [-0.2, -0.15) is 0 Å². The number of rotatable bonds is 2. The van der Waals surface area contributed by atoms with E-state index in [1.165, 1.54) is 0 Å². The number of nitrogens with one attached hydrogen (secondary N) is 1. The Hall–Kier alpha value is -2.67. The van der Waals surface area contributed by atoms with Gasteiger partial charge in [0.05, 0.1) is 24.3 Å². The third-order valence-electron chi connectivity index (χ3n) is 5.40. The van der Waals surface area contributed by atoms with Gasteiger partial charge in [0.1, 0.15) is 0 Å². The maximum atomic E-state index is 12.7. The van der Waals surface area contributed by atoms with Crippen molar-refractivity contribution in [3.8, 4) is 0 Å². The molecule has 1 fully saturated rings. The molecule has 7 nitrogen and oxygen atoms in total. The van der Waals surface area contributed by atoms with Crippen LogP contribution in [0, 0.1) is 6.92 Å². The smallest absolute Gasteiger partial charge is 0.321 e. The molecule has 0 aliphatic carbocycles. The molecule has 0 bridgehead atoms. The monoisotopic (exact) mass is 367 g/mol. The number of carbonyl (C=O) groups excluding carboxylic acids is 1. The van der Waals surface area contributed by atoms with Crippen molar-refractivity contribution in [3.05, 3.63) is 47.3 Å². The van der Waals surface area contributed by atoms with Crippen molar-refractivity contribution in [3.63, 3.8) is 0 Å². The van der Waals surface area contributed by atoms with Crippen LogP contribution in [0.5, 0.6) is 0 Å². The molecule has 1 N–H and O–H groups in total. The molecular formula is C20H25N5O2. The van der Waals surface area contributed by atoms with E-state index in [0.717, 1.165) is 29.1 Å². The van der Waals surface area contributed by atoms with Gasteiger partial charge >= 0.3 is 6.03 Å². The lowest BCUT2D eigenvalue weighted by atomic mass is 9.80. The maximum Gasteiger partial charge on any atom is 0.321 e. The van der Waals surface area contributed by atoms with Crippen molar-refractivity contribution < 1.29 is 9.53 Å². The largest absolute Gasteiger partial charge is 0.376 e. The molecule has 1 aromatic heterocycles. The molecule has 2 aromatic rings. The van der Waals surface area contributed by atoms with E-state index in [-0.39, 0.29) is 11.4 Å². The standard InChI is InChI=1S/C20H25N5O2/c1-14-16-11-27-13-20(17(16)23-18(21-14)24(2)3)9-10-25(12-20)19(26)22-15-7-5-4-6-8-15/h4-8H,9-13H2,1-3H3,(H,22,26)/t20-/m0/s1. The summed E-state index contributed by atoms with van der Waals surface area (Å²) in [5.74, 6) is 0.708. The van der Waals surface area contributed by atoms with Crippen LogP contribution in [0.1, 0.15) is 23.4 Å². The highest BCUT2D eigenvalue weighted by molar-refractivity contribution is 5.89. The molecule has 0 unspecified atom stereocenters. The number of carbonyl (C=O) groups is 1. The zero-order valence-electron chi connectivity index (χ0n) is 16.0. The number of nitrogens with zero attached hydrogens (tertiary/aromatic N) is 4. The number of ether oxygens (including phenoxy) is 1. The molecule has 1 saturated heterocycles. The van der Waals surface area contributed by atoms with E-state index in [1.54, 1.807) is 0 Å². The van der Waals surface area contributed by atoms with Crippen molar-refractivity contribution in [2.45, 2.75) is 25.4 Å². The topological polar surface area (TPSA) is 70.6 Å².